The van der Waals surface area contributed by atoms with E-state index in [1.165, 1.54) is 12.1 Å². The Bertz CT molecular complexity index is 853. The van der Waals surface area contributed by atoms with Gasteiger partial charge < -0.3 is 10.6 Å². The van der Waals surface area contributed by atoms with Gasteiger partial charge in [0.05, 0.1) is 12.1 Å². The first-order valence-corrected chi connectivity index (χ1v) is 9.57. The highest BCUT2D eigenvalue weighted by Gasteiger charge is 2.35. The van der Waals surface area contributed by atoms with E-state index >= 15 is 0 Å². The Morgan fingerprint density at radius 3 is 2.67 bits per heavy atom. The van der Waals surface area contributed by atoms with Crippen molar-refractivity contribution in [2.24, 2.45) is 11.7 Å². The molecule has 0 aromatic heterocycles. The van der Waals surface area contributed by atoms with Gasteiger partial charge in [0, 0.05) is 17.1 Å². The molecule has 0 aliphatic carbocycles. The largest absolute Gasteiger partial charge is 0.326 e. The average Bonchev–Trinajstić information content (AvgIpc) is 3.13. The number of carbonyl (C=O) groups is 1. The molecular formula is C22H24ClFN2O. The average molecular weight is 387 g/mol. The van der Waals surface area contributed by atoms with E-state index in [1.54, 1.807) is 11.0 Å². The lowest BCUT2D eigenvalue weighted by molar-refractivity contribution is -0.134. The van der Waals surface area contributed by atoms with Crippen molar-refractivity contribution in [3.8, 4) is 0 Å². The SMILES string of the molecule is CCC(C)C(N)C(=O)N1CC(c2cc(Cl)ccc2F)=CC1c1ccccc1. The van der Waals surface area contributed by atoms with Crippen molar-refractivity contribution in [3.05, 3.63) is 76.6 Å². The molecule has 1 aliphatic rings. The van der Waals surface area contributed by atoms with E-state index in [2.05, 4.69) is 0 Å². The van der Waals surface area contributed by atoms with Gasteiger partial charge >= 0.3 is 0 Å². The van der Waals surface area contributed by atoms with E-state index in [-0.39, 0.29) is 23.7 Å². The van der Waals surface area contributed by atoms with Gasteiger partial charge in [0.2, 0.25) is 5.91 Å². The molecule has 0 bridgehead atoms. The Labute approximate surface area is 164 Å². The van der Waals surface area contributed by atoms with Gasteiger partial charge in [-0.25, -0.2) is 4.39 Å². The maximum atomic E-state index is 14.4. The third-order valence-electron chi connectivity index (χ3n) is 5.28. The predicted molar refractivity (Wildman–Crippen MR) is 108 cm³/mol. The summed E-state index contributed by atoms with van der Waals surface area (Å²) in [6, 6.07) is 13.3. The molecule has 1 heterocycles. The minimum atomic E-state index is -0.585. The monoisotopic (exact) mass is 386 g/mol. The summed E-state index contributed by atoms with van der Waals surface area (Å²) in [5, 5.41) is 0.463. The molecule has 2 aromatic rings. The first-order chi connectivity index (χ1) is 12.9. The van der Waals surface area contributed by atoms with Crippen LogP contribution >= 0.6 is 11.6 Å². The number of benzene rings is 2. The van der Waals surface area contributed by atoms with Crippen LogP contribution in [0, 0.1) is 11.7 Å². The van der Waals surface area contributed by atoms with Crippen molar-refractivity contribution < 1.29 is 9.18 Å². The van der Waals surface area contributed by atoms with E-state index in [9.17, 15) is 9.18 Å². The molecule has 2 aromatic carbocycles. The number of halogens is 2. The number of rotatable bonds is 5. The predicted octanol–water partition coefficient (Wildman–Crippen LogP) is 4.82. The van der Waals surface area contributed by atoms with E-state index in [0.29, 0.717) is 17.1 Å². The van der Waals surface area contributed by atoms with Crippen LogP contribution in [0.5, 0.6) is 0 Å². The van der Waals surface area contributed by atoms with Gasteiger partial charge in [-0.1, -0.05) is 68.3 Å². The zero-order valence-corrected chi connectivity index (χ0v) is 16.3. The summed E-state index contributed by atoms with van der Waals surface area (Å²) in [6.07, 6.45) is 2.76. The van der Waals surface area contributed by atoms with Crippen LogP contribution in [0.25, 0.3) is 5.57 Å². The summed E-state index contributed by atoms with van der Waals surface area (Å²) >= 11 is 6.06. The highest BCUT2D eigenvalue weighted by Crippen LogP contribution is 2.36. The lowest BCUT2D eigenvalue weighted by atomic mass is 9.98. The summed E-state index contributed by atoms with van der Waals surface area (Å²) in [5.41, 5.74) is 8.36. The lowest BCUT2D eigenvalue weighted by Crippen LogP contribution is -2.47. The van der Waals surface area contributed by atoms with Gasteiger partial charge in [-0.2, -0.15) is 0 Å². The van der Waals surface area contributed by atoms with Gasteiger partial charge in [0.15, 0.2) is 0 Å². The van der Waals surface area contributed by atoms with Crippen LogP contribution in [0.15, 0.2) is 54.6 Å². The summed E-state index contributed by atoms with van der Waals surface area (Å²) in [6.45, 7) is 4.29. The van der Waals surface area contributed by atoms with Crippen LogP contribution in [0.4, 0.5) is 4.39 Å². The smallest absolute Gasteiger partial charge is 0.240 e. The van der Waals surface area contributed by atoms with E-state index in [4.69, 9.17) is 17.3 Å². The highest BCUT2D eigenvalue weighted by molar-refractivity contribution is 6.30. The molecule has 3 atom stereocenters. The third kappa shape index (κ3) is 4.07. The number of hydrogen-bond donors (Lipinski definition) is 1. The second-order valence-corrected chi connectivity index (χ2v) is 7.49. The first-order valence-electron chi connectivity index (χ1n) is 9.19. The molecule has 1 amide bonds. The fourth-order valence-electron chi connectivity index (χ4n) is 3.36. The maximum Gasteiger partial charge on any atom is 0.240 e. The van der Waals surface area contributed by atoms with Gasteiger partial charge in [-0.05, 0) is 35.3 Å². The second-order valence-electron chi connectivity index (χ2n) is 7.05. The second kappa shape index (κ2) is 8.24. The molecule has 0 saturated heterocycles. The fourth-order valence-corrected chi connectivity index (χ4v) is 3.54. The third-order valence-corrected chi connectivity index (χ3v) is 5.51. The van der Waals surface area contributed by atoms with Crippen LogP contribution in [0.2, 0.25) is 5.02 Å². The molecule has 5 heteroatoms. The van der Waals surface area contributed by atoms with Crippen molar-refractivity contribution in [2.45, 2.75) is 32.4 Å². The minimum Gasteiger partial charge on any atom is -0.326 e. The topological polar surface area (TPSA) is 46.3 Å². The molecule has 1 aliphatic heterocycles. The van der Waals surface area contributed by atoms with E-state index in [1.807, 2.05) is 50.3 Å². The zero-order chi connectivity index (χ0) is 19.6. The molecule has 142 valence electrons. The van der Waals surface area contributed by atoms with Crippen LogP contribution in [-0.4, -0.2) is 23.4 Å². The summed E-state index contributed by atoms with van der Waals surface area (Å²) in [4.78, 5) is 14.8. The Morgan fingerprint density at radius 1 is 1.30 bits per heavy atom. The van der Waals surface area contributed by atoms with Crippen molar-refractivity contribution in [2.75, 3.05) is 6.54 Å². The molecule has 3 rings (SSSR count). The van der Waals surface area contributed by atoms with Gasteiger partial charge in [0.1, 0.15) is 5.82 Å². The standard InChI is InChI=1S/C22H24ClFN2O/c1-3-14(2)21(25)22(27)26-13-16(18-12-17(23)9-10-19(18)24)11-20(26)15-7-5-4-6-8-15/h4-12,14,20-21H,3,13,25H2,1-2H3. The molecule has 0 spiro atoms. The zero-order valence-electron chi connectivity index (χ0n) is 15.5. The Morgan fingerprint density at radius 2 is 2.00 bits per heavy atom. The van der Waals surface area contributed by atoms with E-state index in [0.717, 1.165) is 17.6 Å². The number of amides is 1. The molecule has 27 heavy (non-hydrogen) atoms. The number of nitrogens with two attached hydrogens (primary N) is 1. The van der Waals surface area contributed by atoms with Crippen LogP contribution in [0.3, 0.4) is 0 Å². The van der Waals surface area contributed by atoms with Crippen molar-refractivity contribution in [3.63, 3.8) is 0 Å². The molecule has 3 unspecified atom stereocenters. The Balaban J connectivity index is 1.99. The van der Waals surface area contributed by atoms with Gasteiger partial charge in [-0.15, -0.1) is 0 Å². The van der Waals surface area contributed by atoms with Crippen LogP contribution in [0.1, 0.15) is 37.4 Å². The molecular weight excluding hydrogens is 363 g/mol. The molecule has 0 saturated carbocycles. The minimum absolute atomic E-state index is 0.0703. The van der Waals surface area contributed by atoms with Crippen LogP contribution < -0.4 is 5.73 Å². The van der Waals surface area contributed by atoms with Crippen molar-refractivity contribution in [1.29, 1.82) is 0 Å². The van der Waals surface area contributed by atoms with Crippen molar-refractivity contribution in [1.82, 2.24) is 4.90 Å². The Hall–Kier alpha value is -2.17. The molecule has 0 radical (unpaired) electrons. The van der Waals surface area contributed by atoms with Gasteiger partial charge in [-0.3, -0.25) is 4.79 Å². The summed E-state index contributed by atoms with van der Waals surface area (Å²) in [5.74, 6) is -0.397. The summed E-state index contributed by atoms with van der Waals surface area (Å²) in [7, 11) is 0. The molecule has 0 fully saturated rings. The Kier molecular flexibility index (Phi) is 5.98. The number of carbonyl (C=O) groups excluding carboxylic acids is 1. The maximum absolute atomic E-state index is 14.4. The van der Waals surface area contributed by atoms with Crippen LogP contribution in [-0.2, 0) is 4.79 Å². The number of hydrogen-bond acceptors (Lipinski definition) is 2. The van der Waals surface area contributed by atoms with Gasteiger partial charge in [0.25, 0.3) is 0 Å². The quantitative estimate of drug-likeness (QED) is 0.800. The van der Waals surface area contributed by atoms with Crippen molar-refractivity contribution >= 4 is 23.1 Å². The first kappa shape index (κ1) is 19.6. The van der Waals surface area contributed by atoms with E-state index < -0.39 is 6.04 Å². The highest BCUT2D eigenvalue weighted by atomic mass is 35.5. The molecule has 2 N–H and O–H groups in total. The molecule has 3 nitrogen and oxygen atoms in total. The fraction of sp³-hybridized carbons (Fsp3) is 0.318. The lowest BCUT2D eigenvalue weighted by Gasteiger charge is -2.30. The summed E-state index contributed by atoms with van der Waals surface area (Å²) < 4.78 is 14.4. The normalized spacial score (nSPS) is 18.9. The number of nitrogens with zero attached hydrogens (tertiary/aromatic N) is 1.